The standard InChI is InChI=1S/C14H18F2N2O2/c15-14(16)20-12-6-2-1-5-11(12)13(19)18-7-3-4-10(8-17)9-18/h1-2,5-6,10,14H,3-4,7-9,17H2. The predicted molar refractivity (Wildman–Crippen MR) is 70.8 cm³/mol. The summed E-state index contributed by atoms with van der Waals surface area (Å²) < 4.78 is 29.1. The molecule has 1 amide bonds. The van der Waals surface area contributed by atoms with E-state index in [1.807, 2.05) is 0 Å². The smallest absolute Gasteiger partial charge is 0.387 e. The monoisotopic (exact) mass is 284 g/mol. The third kappa shape index (κ3) is 3.45. The van der Waals surface area contributed by atoms with Crippen LogP contribution < -0.4 is 10.5 Å². The van der Waals surface area contributed by atoms with Gasteiger partial charge in [-0.1, -0.05) is 12.1 Å². The SMILES string of the molecule is NCC1CCCN(C(=O)c2ccccc2OC(F)F)C1. The van der Waals surface area contributed by atoms with E-state index < -0.39 is 6.61 Å². The minimum Gasteiger partial charge on any atom is -0.434 e. The topological polar surface area (TPSA) is 55.6 Å². The Morgan fingerprint density at radius 3 is 2.90 bits per heavy atom. The fraction of sp³-hybridized carbons (Fsp3) is 0.500. The summed E-state index contributed by atoms with van der Waals surface area (Å²) in [6.45, 7) is -1.22. The van der Waals surface area contributed by atoms with Crippen molar-refractivity contribution in [2.24, 2.45) is 11.7 Å². The van der Waals surface area contributed by atoms with Crippen molar-refractivity contribution in [3.05, 3.63) is 29.8 Å². The number of halogens is 2. The molecular weight excluding hydrogens is 266 g/mol. The quantitative estimate of drug-likeness (QED) is 0.921. The number of hydrogen-bond acceptors (Lipinski definition) is 3. The average molecular weight is 284 g/mol. The van der Waals surface area contributed by atoms with Crippen LogP contribution in [-0.2, 0) is 0 Å². The van der Waals surface area contributed by atoms with Crippen LogP contribution in [0, 0.1) is 5.92 Å². The molecular formula is C14H18F2N2O2. The zero-order valence-electron chi connectivity index (χ0n) is 11.1. The number of nitrogens with zero attached hydrogens (tertiary/aromatic N) is 1. The Bertz CT molecular complexity index is 468. The first-order valence-corrected chi connectivity index (χ1v) is 6.65. The van der Waals surface area contributed by atoms with Gasteiger partial charge in [-0.25, -0.2) is 0 Å². The third-order valence-corrected chi connectivity index (χ3v) is 3.47. The molecule has 110 valence electrons. The van der Waals surface area contributed by atoms with Gasteiger partial charge in [-0.3, -0.25) is 4.79 Å². The Morgan fingerprint density at radius 2 is 2.20 bits per heavy atom. The lowest BCUT2D eigenvalue weighted by Crippen LogP contribution is -2.42. The van der Waals surface area contributed by atoms with Gasteiger partial charge in [0.25, 0.3) is 5.91 Å². The van der Waals surface area contributed by atoms with Gasteiger partial charge in [0.15, 0.2) is 0 Å². The number of carbonyl (C=O) groups is 1. The zero-order chi connectivity index (χ0) is 14.5. The summed E-state index contributed by atoms with van der Waals surface area (Å²) in [7, 11) is 0. The van der Waals surface area contributed by atoms with Crippen molar-refractivity contribution < 1.29 is 18.3 Å². The Labute approximate surface area is 116 Å². The molecule has 4 nitrogen and oxygen atoms in total. The highest BCUT2D eigenvalue weighted by Crippen LogP contribution is 2.24. The molecule has 1 saturated heterocycles. The maximum absolute atomic E-state index is 12.4. The molecule has 0 radical (unpaired) electrons. The van der Waals surface area contributed by atoms with E-state index in [1.165, 1.54) is 12.1 Å². The molecule has 2 rings (SSSR count). The zero-order valence-corrected chi connectivity index (χ0v) is 11.1. The number of likely N-dealkylation sites (tertiary alicyclic amines) is 1. The van der Waals surface area contributed by atoms with Crippen LogP contribution in [0.5, 0.6) is 5.75 Å². The number of para-hydroxylation sites is 1. The highest BCUT2D eigenvalue weighted by atomic mass is 19.3. The maximum Gasteiger partial charge on any atom is 0.387 e. The molecule has 0 aromatic heterocycles. The van der Waals surface area contributed by atoms with Crippen LogP contribution in [0.15, 0.2) is 24.3 Å². The Kier molecular flexibility index (Phi) is 4.89. The Morgan fingerprint density at radius 1 is 1.45 bits per heavy atom. The molecule has 2 N–H and O–H groups in total. The maximum atomic E-state index is 12.4. The lowest BCUT2D eigenvalue weighted by molar-refractivity contribution is -0.0503. The number of amides is 1. The van der Waals surface area contributed by atoms with Crippen molar-refractivity contribution in [3.63, 3.8) is 0 Å². The molecule has 1 aromatic carbocycles. The number of benzene rings is 1. The van der Waals surface area contributed by atoms with E-state index >= 15 is 0 Å². The second-order valence-corrected chi connectivity index (χ2v) is 4.87. The predicted octanol–water partition coefficient (Wildman–Crippen LogP) is 2.10. The molecule has 1 unspecified atom stereocenters. The first-order valence-electron chi connectivity index (χ1n) is 6.65. The van der Waals surface area contributed by atoms with Crippen molar-refractivity contribution in [1.29, 1.82) is 0 Å². The van der Waals surface area contributed by atoms with E-state index in [-0.39, 0.29) is 23.1 Å². The van der Waals surface area contributed by atoms with E-state index in [1.54, 1.807) is 17.0 Å². The van der Waals surface area contributed by atoms with Gasteiger partial charge in [-0.2, -0.15) is 8.78 Å². The van der Waals surface area contributed by atoms with Crippen molar-refractivity contribution in [2.75, 3.05) is 19.6 Å². The third-order valence-electron chi connectivity index (χ3n) is 3.47. The number of carbonyl (C=O) groups excluding carboxylic acids is 1. The molecule has 1 fully saturated rings. The summed E-state index contributed by atoms with van der Waals surface area (Å²) in [5, 5.41) is 0. The van der Waals surface area contributed by atoms with Crippen LogP contribution in [-0.4, -0.2) is 37.1 Å². The van der Waals surface area contributed by atoms with Crippen LogP contribution >= 0.6 is 0 Å². The van der Waals surface area contributed by atoms with Crippen molar-refractivity contribution in [2.45, 2.75) is 19.5 Å². The van der Waals surface area contributed by atoms with Crippen LogP contribution in [0.1, 0.15) is 23.2 Å². The number of nitrogens with two attached hydrogens (primary N) is 1. The van der Waals surface area contributed by atoms with E-state index in [9.17, 15) is 13.6 Å². The molecule has 0 saturated carbocycles. The molecule has 1 aliphatic rings. The molecule has 20 heavy (non-hydrogen) atoms. The molecule has 1 aliphatic heterocycles. The minimum atomic E-state index is -2.94. The molecule has 6 heteroatoms. The van der Waals surface area contributed by atoms with Crippen molar-refractivity contribution in [1.82, 2.24) is 4.90 Å². The number of rotatable bonds is 4. The molecule has 0 aliphatic carbocycles. The van der Waals surface area contributed by atoms with Gasteiger partial charge >= 0.3 is 6.61 Å². The van der Waals surface area contributed by atoms with E-state index in [0.717, 1.165) is 12.8 Å². The van der Waals surface area contributed by atoms with Gasteiger partial charge in [0.2, 0.25) is 0 Å². The molecule has 1 heterocycles. The van der Waals surface area contributed by atoms with Crippen LogP contribution in [0.3, 0.4) is 0 Å². The Hall–Kier alpha value is -1.69. The highest BCUT2D eigenvalue weighted by Gasteiger charge is 2.26. The van der Waals surface area contributed by atoms with Gasteiger partial charge in [0.05, 0.1) is 5.56 Å². The molecule has 1 aromatic rings. The first-order chi connectivity index (χ1) is 9.61. The fourth-order valence-corrected chi connectivity index (χ4v) is 2.45. The average Bonchev–Trinajstić information content (AvgIpc) is 2.46. The highest BCUT2D eigenvalue weighted by molar-refractivity contribution is 5.97. The van der Waals surface area contributed by atoms with Gasteiger partial charge in [0, 0.05) is 13.1 Å². The van der Waals surface area contributed by atoms with E-state index in [4.69, 9.17) is 5.73 Å². The Balaban J connectivity index is 2.16. The summed E-state index contributed by atoms with van der Waals surface area (Å²) >= 11 is 0. The largest absolute Gasteiger partial charge is 0.434 e. The lowest BCUT2D eigenvalue weighted by atomic mass is 9.97. The van der Waals surface area contributed by atoms with Crippen molar-refractivity contribution >= 4 is 5.91 Å². The summed E-state index contributed by atoms with van der Waals surface area (Å²) in [4.78, 5) is 14.1. The molecule has 0 bridgehead atoms. The van der Waals surface area contributed by atoms with Crippen LogP contribution in [0.2, 0.25) is 0 Å². The summed E-state index contributed by atoms with van der Waals surface area (Å²) in [6, 6.07) is 6.08. The van der Waals surface area contributed by atoms with Gasteiger partial charge in [-0.15, -0.1) is 0 Å². The normalized spacial score (nSPS) is 19.2. The van der Waals surface area contributed by atoms with Crippen LogP contribution in [0.25, 0.3) is 0 Å². The van der Waals surface area contributed by atoms with Crippen LogP contribution in [0.4, 0.5) is 8.78 Å². The summed E-state index contributed by atoms with van der Waals surface area (Å²) in [6.07, 6.45) is 1.88. The minimum absolute atomic E-state index is 0.0811. The molecule has 1 atom stereocenters. The molecule has 0 spiro atoms. The number of hydrogen-bond donors (Lipinski definition) is 1. The second-order valence-electron chi connectivity index (χ2n) is 4.87. The lowest BCUT2D eigenvalue weighted by Gasteiger charge is -2.32. The number of alkyl halides is 2. The fourth-order valence-electron chi connectivity index (χ4n) is 2.45. The van der Waals surface area contributed by atoms with Gasteiger partial charge < -0.3 is 15.4 Å². The van der Waals surface area contributed by atoms with Gasteiger partial charge in [-0.05, 0) is 37.4 Å². The summed E-state index contributed by atoms with van der Waals surface area (Å²) in [5.74, 6) is -0.0855. The number of piperidine rings is 1. The van der Waals surface area contributed by atoms with Crippen molar-refractivity contribution in [3.8, 4) is 5.75 Å². The number of ether oxygens (including phenoxy) is 1. The second kappa shape index (κ2) is 6.65. The van der Waals surface area contributed by atoms with Gasteiger partial charge in [0.1, 0.15) is 5.75 Å². The van der Waals surface area contributed by atoms with E-state index in [2.05, 4.69) is 4.74 Å². The van der Waals surface area contributed by atoms with E-state index in [0.29, 0.717) is 19.6 Å². The first kappa shape index (κ1) is 14.7. The summed E-state index contributed by atoms with van der Waals surface area (Å²) in [5.41, 5.74) is 5.81.